The monoisotopic (exact) mass is 259 g/mol. The molecule has 0 aliphatic rings. The van der Waals surface area contributed by atoms with E-state index in [0.29, 0.717) is 5.56 Å². The van der Waals surface area contributed by atoms with E-state index in [1.807, 2.05) is 25.1 Å². The van der Waals surface area contributed by atoms with E-state index in [2.05, 4.69) is 10.8 Å². The molecular formula is C14H13NO2S. The third-order valence-electron chi connectivity index (χ3n) is 2.41. The van der Waals surface area contributed by atoms with Crippen LogP contribution in [0.4, 0.5) is 5.69 Å². The van der Waals surface area contributed by atoms with Crippen molar-refractivity contribution in [2.75, 3.05) is 4.72 Å². The summed E-state index contributed by atoms with van der Waals surface area (Å²) in [7, 11) is 0. The average Bonchev–Trinajstić information content (AvgIpc) is 2.37. The molecule has 92 valence electrons. The molecule has 18 heavy (non-hydrogen) atoms. The first-order valence-electron chi connectivity index (χ1n) is 5.48. The van der Waals surface area contributed by atoms with Crippen molar-refractivity contribution in [1.29, 1.82) is 0 Å². The number of carbonyl (C=O) groups is 1. The molecule has 0 fully saturated rings. The maximum Gasteiger partial charge on any atom is 0.335 e. The van der Waals surface area contributed by atoms with Crippen molar-refractivity contribution < 1.29 is 9.90 Å². The molecule has 0 saturated heterocycles. The SMILES string of the molecule is Cc1cccc(NSc2ccc(C(=O)O)cc2)c1. The van der Waals surface area contributed by atoms with Gasteiger partial charge in [0.05, 0.1) is 5.56 Å². The topological polar surface area (TPSA) is 49.3 Å². The van der Waals surface area contributed by atoms with Crippen molar-refractivity contribution in [2.24, 2.45) is 0 Å². The Morgan fingerprint density at radius 2 is 1.89 bits per heavy atom. The largest absolute Gasteiger partial charge is 0.478 e. The maximum atomic E-state index is 10.7. The van der Waals surface area contributed by atoms with Crippen molar-refractivity contribution in [3.8, 4) is 0 Å². The van der Waals surface area contributed by atoms with Gasteiger partial charge in [0.25, 0.3) is 0 Å². The van der Waals surface area contributed by atoms with Gasteiger partial charge in [0, 0.05) is 10.6 Å². The summed E-state index contributed by atoms with van der Waals surface area (Å²) < 4.78 is 3.22. The van der Waals surface area contributed by atoms with Gasteiger partial charge in [-0.25, -0.2) is 4.79 Å². The van der Waals surface area contributed by atoms with Gasteiger partial charge in [-0.1, -0.05) is 12.1 Å². The van der Waals surface area contributed by atoms with E-state index in [4.69, 9.17) is 5.11 Å². The summed E-state index contributed by atoms with van der Waals surface area (Å²) in [5.41, 5.74) is 2.53. The Balaban J connectivity index is 2.00. The molecule has 0 saturated carbocycles. The fourth-order valence-corrected chi connectivity index (χ4v) is 2.13. The summed E-state index contributed by atoms with van der Waals surface area (Å²) in [5.74, 6) is -0.904. The highest BCUT2D eigenvalue weighted by atomic mass is 32.2. The molecule has 0 heterocycles. The van der Waals surface area contributed by atoms with Crippen molar-refractivity contribution in [2.45, 2.75) is 11.8 Å². The maximum absolute atomic E-state index is 10.7. The zero-order valence-corrected chi connectivity index (χ0v) is 10.7. The normalized spacial score (nSPS) is 10.1. The second-order valence-electron chi connectivity index (χ2n) is 3.90. The van der Waals surface area contributed by atoms with Crippen LogP contribution in [0.15, 0.2) is 53.4 Å². The van der Waals surface area contributed by atoms with Crippen LogP contribution in [-0.4, -0.2) is 11.1 Å². The number of carboxylic acids is 1. The first kappa shape index (κ1) is 12.5. The van der Waals surface area contributed by atoms with Crippen molar-refractivity contribution >= 4 is 23.6 Å². The van der Waals surface area contributed by atoms with E-state index < -0.39 is 5.97 Å². The van der Waals surface area contributed by atoms with Gasteiger partial charge in [0.1, 0.15) is 0 Å². The van der Waals surface area contributed by atoms with E-state index in [1.54, 1.807) is 24.3 Å². The molecule has 3 nitrogen and oxygen atoms in total. The van der Waals surface area contributed by atoms with Gasteiger partial charge in [-0.05, 0) is 60.8 Å². The highest BCUT2D eigenvalue weighted by Crippen LogP contribution is 2.21. The van der Waals surface area contributed by atoms with Gasteiger partial charge in [-0.3, -0.25) is 0 Å². The predicted octanol–water partition coefficient (Wildman–Crippen LogP) is 3.81. The van der Waals surface area contributed by atoms with Crippen molar-refractivity contribution in [1.82, 2.24) is 0 Å². The summed E-state index contributed by atoms with van der Waals surface area (Å²) in [6.07, 6.45) is 0. The van der Waals surface area contributed by atoms with Gasteiger partial charge >= 0.3 is 5.97 Å². The first-order chi connectivity index (χ1) is 8.65. The second-order valence-corrected chi connectivity index (χ2v) is 4.78. The summed E-state index contributed by atoms with van der Waals surface area (Å²) >= 11 is 1.46. The third kappa shape index (κ3) is 3.28. The lowest BCUT2D eigenvalue weighted by molar-refractivity contribution is 0.0697. The first-order valence-corrected chi connectivity index (χ1v) is 6.30. The quantitative estimate of drug-likeness (QED) is 0.820. The summed E-state index contributed by atoms with van der Waals surface area (Å²) in [5, 5.41) is 8.79. The summed E-state index contributed by atoms with van der Waals surface area (Å²) in [4.78, 5) is 11.7. The number of hydrogen-bond donors (Lipinski definition) is 2. The molecule has 0 bridgehead atoms. The fourth-order valence-electron chi connectivity index (χ4n) is 1.49. The van der Waals surface area contributed by atoms with Gasteiger partial charge < -0.3 is 9.83 Å². The Morgan fingerprint density at radius 3 is 2.50 bits per heavy atom. The van der Waals surface area contributed by atoms with Gasteiger partial charge in [-0.15, -0.1) is 0 Å². The smallest absolute Gasteiger partial charge is 0.335 e. The van der Waals surface area contributed by atoms with Crippen LogP contribution in [0.3, 0.4) is 0 Å². The van der Waals surface area contributed by atoms with Crippen LogP contribution in [0, 0.1) is 6.92 Å². The van der Waals surface area contributed by atoms with E-state index in [-0.39, 0.29) is 0 Å². The summed E-state index contributed by atoms with van der Waals surface area (Å²) in [6.45, 7) is 2.04. The highest BCUT2D eigenvalue weighted by Gasteiger charge is 2.02. The Morgan fingerprint density at radius 1 is 1.17 bits per heavy atom. The van der Waals surface area contributed by atoms with Crippen LogP contribution in [0.1, 0.15) is 15.9 Å². The van der Waals surface area contributed by atoms with Crippen LogP contribution in [-0.2, 0) is 0 Å². The third-order valence-corrected chi connectivity index (χ3v) is 3.25. The standard InChI is InChI=1S/C14H13NO2S/c1-10-3-2-4-12(9-10)15-18-13-7-5-11(6-8-13)14(16)17/h2-9,15H,1H3,(H,16,17). The number of rotatable bonds is 4. The number of hydrogen-bond acceptors (Lipinski definition) is 3. The van der Waals surface area contributed by atoms with Crippen molar-refractivity contribution in [3.63, 3.8) is 0 Å². The van der Waals surface area contributed by atoms with Gasteiger partial charge in [0.2, 0.25) is 0 Å². The van der Waals surface area contributed by atoms with Crippen molar-refractivity contribution in [3.05, 3.63) is 59.7 Å². The molecule has 0 amide bonds. The van der Waals surface area contributed by atoms with E-state index in [9.17, 15) is 4.79 Å². The lowest BCUT2D eigenvalue weighted by atomic mass is 10.2. The Hall–Kier alpha value is -1.94. The minimum Gasteiger partial charge on any atom is -0.478 e. The molecule has 0 aromatic heterocycles. The lowest BCUT2D eigenvalue weighted by Crippen LogP contribution is -1.95. The van der Waals surface area contributed by atoms with E-state index >= 15 is 0 Å². The molecule has 0 aliphatic carbocycles. The van der Waals surface area contributed by atoms with Crippen LogP contribution >= 0.6 is 11.9 Å². The number of aromatic carboxylic acids is 1. The molecule has 2 aromatic carbocycles. The number of benzene rings is 2. The summed E-state index contributed by atoms with van der Waals surface area (Å²) in [6, 6.07) is 14.9. The molecule has 2 N–H and O–H groups in total. The molecule has 0 radical (unpaired) electrons. The highest BCUT2D eigenvalue weighted by molar-refractivity contribution is 8.00. The zero-order valence-electron chi connectivity index (χ0n) is 9.88. The molecule has 2 rings (SSSR count). The molecule has 4 heteroatoms. The van der Waals surface area contributed by atoms with E-state index in [1.165, 1.54) is 17.5 Å². The van der Waals surface area contributed by atoms with Crippen LogP contribution < -0.4 is 4.72 Å². The number of carboxylic acid groups (broad SMARTS) is 1. The molecular weight excluding hydrogens is 246 g/mol. The molecule has 0 spiro atoms. The predicted molar refractivity (Wildman–Crippen MR) is 74.1 cm³/mol. The molecule has 0 unspecified atom stereocenters. The van der Waals surface area contributed by atoms with Gasteiger partial charge in [0.15, 0.2) is 0 Å². The van der Waals surface area contributed by atoms with Gasteiger partial charge in [-0.2, -0.15) is 0 Å². The fraction of sp³-hybridized carbons (Fsp3) is 0.0714. The Labute approximate surface area is 110 Å². The van der Waals surface area contributed by atoms with E-state index in [0.717, 1.165) is 10.6 Å². The minimum absolute atomic E-state index is 0.301. The second kappa shape index (κ2) is 5.60. The Bertz CT molecular complexity index is 552. The zero-order chi connectivity index (χ0) is 13.0. The minimum atomic E-state index is -0.904. The van der Waals surface area contributed by atoms with Crippen LogP contribution in [0.5, 0.6) is 0 Å². The van der Waals surface area contributed by atoms with Crippen LogP contribution in [0.2, 0.25) is 0 Å². The molecule has 2 aromatic rings. The number of anilines is 1. The molecule has 0 aliphatic heterocycles. The lowest BCUT2D eigenvalue weighted by Gasteiger charge is -2.06. The number of nitrogens with one attached hydrogen (secondary N) is 1. The molecule has 0 atom stereocenters. The average molecular weight is 259 g/mol. The Kier molecular flexibility index (Phi) is 3.89. The number of aryl methyl sites for hydroxylation is 1. The van der Waals surface area contributed by atoms with Crippen LogP contribution in [0.25, 0.3) is 0 Å².